The molecule has 0 spiro atoms. The van der Waals surface area contributed by atoms with Crippen LogP contribution in [-0.2, 0) is 0 Å². The third-order valence-electron chi connectivity index (χ3n) is 2.72. The van der Waals surface area contributed by atoms with Gasteiger partial charge in [0.15, 0.2) is 0 Å². The third kappa shape index (κ3) is 2.48. The lowest BCUT2D eigenvalue weighted by atomic mass is 10.1. The van der Waals surface area contributed by atoms with Crippen LogP contribution in [-0.4, -0.2) is 11.5 Å². The zero-order valence-electron chi connectivity index (χ0n) is 9.36. The summed E-state index contributed by atoms with van der Waals surface area (Å²) < 4.78 is 1.10. The van der Waals surface area contributed by atoms with Crippen LogP contribution in [0.4, 0.5) is 5.69 Å². The lowest BCUT2D eigenvalue weighted by molar-refractivity contribution is 1.33. The summed E-state index contributed by atoms with van der Waals surface area (Å²) in [6.45, 7) is 0. The Balaban J connectivity index is 2.00. The van der Waals surface area contributed by atoms with Crippen molar-refractivity contribution < 1.29 is 0 Å². The molecule has 1 nitrogen and oxygen atoms in total. The summed E-state index contributed by atoms with van der Waals surface area (Å²) in [5, 5.41) is 0.757. The summed E-state index contributed by atoms with van der Waals surface area (Å²) in [6.07, 6.45) is 0. The molecule has 1 aliphatic heterocycles. The molecule has 1 heterocycles. The molecule has 1 aliphatic rings. The fraction of sp³-hybridized carbons (Fsp3) is 0.0714. The zero-order valence-corrected chi connectivity index (χ0v) is 12.5. The summed E-state index contributed by atoms with van der Waals surface area (Å²) in [4.78, 5) is 5.94. The van der Waals surface area contributed by atoms with Crippen molar-refractivity contribution in [2.24, 2.45) is 4.99 Å². The van der Waals surface area contributed by atoms with Crippen LogP contribution in [0, 0.1) is 0 Å². The highest BCUT2D eigenvalue weighted by atomic mass is 79.9. The first-order valence-electron chi connectivity index (χ1n) is 5.48. The van der Waals surface area contributed by atoms with Crippen molar-refractivity contribution in [2.45, 2.75) is 4.90 Å². The molecule has 0 unspecified atom stereocenters. The number of fused-ring (bicyclic) bond motifs is 1. The molecule has 18 heavy (non-hydrogen) atoms. The predicted octanol–water partition coefficient (Wildman–Crippen LogP) is 5.33. The summed E-state index contributed by atoms with van der Waals surface area (Å²) in [7, 11) is 0. The highest BCUT2D eigenvalue weighted by molar-refractivity contribution is 9.10. The number of halogens is 2. The number of hydrogen-bond acceptors (Lipinski definition) is 2. The number of aliphatic imine (C=N–C) groups is 1. The van der Waals surface area contributed by atoms with E-state index < -0.39 is 0 Å². The molecule has 3 rings (SSSR count). The van der Waals surface area contributed by atoms with E-state index in [9.17, 15) is 0 Å². The lowest BCUT2D eigenvalue weighted by Gasteiger charge is -2.15. The second-order valence-corrected chi connectivity index (χ2v) is 6.34. The molecule has 0 N–H and O–H groups in total. The van der Waals surface area contributed by atoms with E-state index in [2.05, 4.69) is 22.0 Å². The molecule has 0 fully saturated rings. The highest BCUT2D eigenvalue weighted by Gasteiger charge is 2.14. The average Bonchev–Trinajstić information content (AvgIpc) is 2.39. The Kier molecular flexibility index (Phi) is 3.46. The van der Waals surface area contributed by atoms with Gasteiger partial charge in [-0.15, -0.1) is 11.8 Å². The first-order valence-corrected chi connectivity index (χ1v) is 7.64. The summed E-state index contributed by atoms with van der Waals surface area (Å²) in [6, 6.07) is 14.0. The van der Waals surface area contributed by atoms with Gasteiger partial charge in [-0.2, -0.15) is 0 Å². The molecular formula is C14H9BrClNS. The second kappa shape index (κ2) is 5.08. The number of hydrogen-bond donors (Lipinski definition) is 0. The van der Waals surface area contributed by atoms with E-state index >= 15 is 0 Å². The van der Waals surface area contributed by atoms with Crippen molar-refractivity contribution in [3.8, 4) is 0 Å². The Morgan fingerprint density at radius 2 is 1.89 bits per heavy atom. The molecule has 0 aromatic heterocycles. The van der Waals surface area contributed by atoms with Gasteiger partial charge in [0.2, 0.25) is 0 Å². The van der Waals surface area contributed by atoms with Crippen molar-refractivity contribution in [3.05, 3.63) is 57.5 Å². The molecule has 4 heteroatoms. The molecule has 2 aromatic rings. The van der Waals surface area contributed by atoms with Crippen molar-refractivity contribution in [1.82, 2.24) is 0 Å². The zero-order chi connectivity index (χ0) is 12.5. The van der Waals surface area contributed by atoms with Crippen molar-refractivity contribution >= 4 is 50.7 Å². The fourth-order valence-electron chi connectivity index (χ4n) is 1.81. The van der Waals surface area contributed by atoms with Gasteiger partial charge in [0.05, 0.1) is 11.4 Å². The van der Waals surface area contributed by atoms with Crippen molar-refractivity contribution in [1.29, 1.82) is 0 Å². The number of rotatable bonds is 1. The van der Waals surface area contributed by atoms with Gasteiger partial charge in [0.25, 0.3) is 0 Å². The maximum atomic E-state index is 5.90. The van der Waals surface area contributed by atoms with Crippen LogP contribution in [0.5, 0.6) is 0 Å². The van der Waals surface area contributed by atoms with E-state index in [0.717, 1.165) is 32.2 Å². The van der Waals surface area contributed by atoms with Gasteiger partial charge in [0.1, 0.15) is 0 Å². The second-order valence-electron chi connectivity index (χ2n) is 3.97. The van der Waals surface area contributed by atoms with Gasteiger partial charge >= 0.3 is 0 Å². The topological polar surface area (TPSA) is 12.4 Å². The summed E-state index contributed by atoms with van der Waals surface area (Å²) in [5.74, 6) is 0.894. The van der Waals surface area contributed by atoms with Gasteiger partial charge in [0, 0.05) is 20.1 Å². The molecule has 0 atom stereocenters. The van der Waals surface area contributed by atoms with Crippen LogP contribution in [0.15, 0.2) is 56.8 Å². The quantitative estimate of drug-likeness (QED) is 0.684. The van der Waals surface area contributed by atoms with Gasteiger partial charge in [-0.3, -0.25) is 4.99 Å². The minimum absolute atomic E-state index is 0.757. The Hall–Kier alpha value is -0.770. The number of benzene rings is 2. The van der Waals surface area contributed by atoms with Gasteiger partial charge < -0.3 is 0 Å². The van der Waals surface area contributed by atoms with Crippen molar-refractivity contribution in [2.75, 3.05) is 5.75 Å². The molecule has 0 bridgehead atoms. The summed E-state index contributed by atoms with van der Waals surface area (Å²) >= 11 is 11.2. The molecule has 0 aliphatic carbocycles. The van der Waals surface area contributed by atoms with Crippen LogP contribution < -0.4 is 0 Å². The molecule has 0 radical (unpaired) electrons. The predicted molar refractivity (Wildman–Crippen MR) is 82.5 cm³/mol. The SMILES string of the molecule is Clc1ccc(C2=Nc3ccc(Br)cc3SC2)cc1. The van der Waals surface area contributed by atoms with Gasteiger partial charge in [-0.25, -0.2) is 0 Å². The Morgan fingerprint density at radius 1 is 1.11 bits per heavy atom. The van der Waals surface area contributed by atoms with E-state index in [-0.39, 0.29) is 0 Å². The Morgan fingerprint density at radius 3 is 2.67 bits per heavy atom. The molecule has 2 aromatic carbocycles. The van der Waals surface area contributed by atoms with Crippen LogP contribution >= 0.6 is 39.3 Å². The van der Waals surface area contributed by atoms with Crippen LogP contribution in [0.25, 0.3) is 0 Å². The van der Waals surface area contributed by atoms with Gasteiger partial charge in [-0.05, 0) is 35.9 Å². The van der Waals surface area contributed by atoms with Crippen LogP contribution in [0.1, 0.15) is 5.56 Å². The van der Waals surface area contributed by atoms with Crippen LogP contribution in [0.3, 0.4) is 0 Å². The minimum Gasteiger partial charge on any atom is -0.251 e. The van der Waals surface area contributed by atoms with E-state index in [4.69, 9.17) is 16.6 Å². The van der Waals surface area contributed by atoms with Crippen LogP contribution in [0.2, 0.25) is 5.02 Å². The average molecular weight is 339 g/mol. The largest absolute Gasteiger partial charge is 0.251 e. The van der Waals surface area contributed by atoms with E-state index in [0.29, 0.717) is 0 Å². The van der Waals surface area contributed by atoms with E-state index in [1.807, 2.05) is 48.2 Å². The Bertz CT molecular complexity index is 622. The first kappa shape index (κ1) is 12.3. The standard InChI is InChI=1S/C14H9BrClNS/c15-10-3-6-12-14(7-10)18-8-13(17-12)9-1-4-11(16)5-2-9/h1-7H,8H2. The highest BCUT2D eigenvalue weighted by Crippen LogP contribution is 2.36. The normalized spacial score (nSPS) is 14.0. The molecule has 0 saturated carbocycles. The maximum Gasteiger partial charge on any atom is 0.0770 e. The monoisotopic (exact) mass is 337 g/mol. The summed E-state index contributed by atoms with van der Waals surface area (Å²) in [5.41, 5.74) is 3.28. The first-order chi connectivity index (χ1) is 8.72. The Labute approximate surface area is 123 Å². The number of nitrogens with zero attached hydrogens (tertiary/aromatic N) is 1. The number of thioether (sulfide) groups is 1. The smallest absolute Gasteiger partial charge is 0.0770 e. The minimum atomic E-state index is 0.757. The molecule has 0 saturated heterocycles. The van der Waals surface area contributed by atoms with E-state index in [1.54, 1.807) is 0 Å². The molecule has 90 valence electrons. The fourth-order valence-corrected chi connectivity index (χ4v) is 3.44. The van der Waals surface area contributed by atoms with Gasteiger partial charge in [-0.1, -0.05) is 39.7 Å². The van der Waals surface area contributed by atoms with E-state index in [1.165, 1.54) is 4.90 Å². The third-order valence-corrected chi connectivity index (χ3v) is 4.52. The molecular weight excluding hydrogens is 330 g/mol. The maximum absolute atomic E-state index is 5.90. The van der Waals surface area contributed by atoms with Crippen molar-refractivity contribution in [3.63, 3.8) is 0 Å². The molecule has 0 amide bonds. The lowest BCUT2D eigenvalue weighted by Crippen LogP contribution is -2.07.